The second-order valence-corrected chi connectivity index (χ2v) is 7.65. The molecule has 0 atom stereocenters. The maximum Gasteiger partial charge on any atom is 0.419 e. The normalized spacial score (nSPS) is 15.3. The van der Waals surface area contributed by atoms with E-state index in [9.17, 15) is 13.2 Å². The first-order valence-electron chi connectivity index (χ1n) is 10.3. The first-order chi connectivity index (χ1) is 14.8. The van der Waals surface area contributed by atoms with Gasteiger partial charge in [0.2, 0.25) is 0 Å². The molecule has 1 N–H and O–H groups in total. The second-order valence-electron chi connectivity index (χ2n) is 7.65. The lowest BCUT2D eigenvalue weighted by Gasteiger charge is -2.34. The van der Waals surface area contributed by atoms with Crippen molar-refractivity contribution in [1.82, 2.24) is 15.1 Å². The number of ether oxygens (including phenoxy) is 1. The van der Waals surface area contributed by atoms with Crippen LogP contribution < -0.4 is 9.64 Å². The van der Waals surface area contributed by atoms with Gasteiger partial charge in [-0.3, -0.25) is 5.10 Å². The molecule has 0 saturated carbocycles. The molecule has 0 bridgehead atoms. The van der Waals surface area contributed by atoms with E-state index in [1.807, 2.05) is 12.1 Å². The van der Waals surface area contributed by atoms with Gasteiger partial charge >= 0.3 is 6.18 Å². The van der Waals surface area contributed by atoms with Gasteiger partial charge in [0, 0.05) is 37.4 Å². The zero-order valence-electron chi connectivity index (χ0n) is 17.5. The number of benzene rings is 2. The van der Waals surface area contributed by atoms with Crippen molar-refractivity contribution in [3.63, 3.8) is 0 Å². The molecule has 31 heavy (non-hydrogen) atoms. The van der Waals surface area contributed by atoms with Crippen LogP contribution in [0.4, 0.5) is 18.9 Å². The van der Waals surface area contributed by atoms with Gasteiger partial charge in [-0.1, -0.05) is 12.1 Å². The quantitative estimate of drug-likeness (QED) is 0.625. The summed E-state index contributed by atoms with van der Waals surface area (Å²) in [6.07, 6.45) is -4.50. The first-order valence-corrected chi connectivity index (χ1v) is 10.3. The van der Waals surface area contributed by atoms with E-state index in [0.29, 0.717) is 11.3 Å². The highest BCUT2D eigenvalue weighted by Crippen LogP contribution is 2.39. The molecular weight excluding hydrogens is 405 g/mol. The smallest absolute Gasteiger partial charge is 0.419 e. The average molecular weight is 430 g/mol. The summed E-state index contributed by atoms with van der Waals surface area (Å²) in [7, 11) is 2.12. The number of rotatable bonds is 5. The monoisotopic (exact) mass is 430 g/mol. The summed E-state index contributed by atoms with van der Waals surface area (Å²) >= 11 is 0. The topological polar surface area (TPSA) is 44.4 Å². The summed E-state index contributed by atoms with van der Waals surface area (Å²) in [5.74, 6) is -0.172. The molecule has 4 rings (SSSR count). The summed E-state index contributed by atoms with van der Waals surface area (Å²) in [5, 5.41) is 7.17. The van der Waals surface area contributed by atoms with Crippen LogP contribution in [-0.4, -0.2) is 54.9 Å². The highest BCUT2D eigenvalue weighted by Gasteiger charge is 2.35. The van der Waals surface area contributed by atoms with E-state index in [-0.39, 0.29) is 12.4 Å². The number of halogens is 3. The Morgan fingerprint density at radius 3 is 2.29 bits per heavy atom. The molecular formula is C23H25F3N4O. The molecule has 5 nitrogen and oxygen atoms in total. The molecule has 0 spiro atoms. The molecule has 0 amide bonds. The number of nitrogens with one attached hydrogen (secondary N) is 1. The van der Waals surface area contributed by atoms with Crippen molar-refractivity contribution in [2.75, 3.05) is 44.7 Å². The standard InChI is InChI=1S/C23H25F3N4O/c1-3-31-22-9-6-17(14-19(22)23(24,25)26)21-15-20(27-28-21)16-4-7-18(8-5-16)30-12-10-29(2)11-13-30/h4-9,14-15H,3,10-13H2,1-2H3,(H,27,28). The predicted molar refractivity (Wildman–Crippen MR) is 115 cm³/mol. The summed E-state index contributed by atoms with van der Waals surface area (Å²) in [6, 6.07) is 13.9. The van der Waals surface area contributed by atoms with Gasteiger partial charge in [0.25, 0.3) is 0 Å². The van der Waals surface area contributed by atoms with Gasteiger partial charge in [0.15, 0.2) is 0 Å². The molecule has 1 aromatic heterocycles. The second kappa shape index (κ2) is 8.63. The van der Waals surface area contributed by atoms with Crippen molar-refractivity contribution >= 4 is 5.69 Å². The fraction of sp³-hybridized carbons (Fsp3) is 0.348. The number of H-pyrrole nitrogens is 1. The maximum atomic E-state index is 13.4. The molecule has 1 aliphatic rings. The Balaban J connectivity index is 1.56. The van der Waals surface area contributed by atoms with Crippen molar-refractivity contribution in [2.45, 2.75) is 13.1 Å². The fourth-order valence-electron chi connectivity index (χ4n) is 3.73. The fourth-order valence-corrected chi connectivity index (χ4v) is 3.73. The minimum Gasteiger partial charge on any atom is -0.493 e. The van der Waals surface area contributed by atoms with Crippen LogP contribution in [0.5, 0.6) is 5.75 Å². The summed E-state index contributed by atoms with van der Waals surface area (Å²) in [4.78, 5) is 4.66. The number of likely N-dealkylation sites (N-methyl/N-ethyl adjacent to an activating group) is 1. The van der Waals surface area contributed by atoms with E-state index in [1.165, 1.54) is 6.07 Å². The van der Waals surface area contributed by atoms with E-state index < -0.39 is 11.7 Å². The molecule has 1 aliphatic heterocycles. The van der Waals surface area contributed by atoms with Crippen molar-refractivity contribution in [2.24, 2.45) is 0 Å². The third-order valence-corrected chi connectivity index (χ3v) is 5.51. The highest BCUT2D eigenvalue weighted by molar-refractivity contribution is 5.70. The van der Waals surface area contributed by atoms with E-state index in [1.54, 1.807) is 19.1 Å². The van der Waals surface area contributed by atoms with Crippen LogP contribution in [0.15, 0.2) is 48.5 Å². The Kier molecular flexibility index (Phi) is 5.91. The van der Waals surface area contributed by atoms with Gasteiger partial charge < -0.3 is 14.5 Å². The van der Waals surface area contributed by atoms with Gasteiger partial charge in [-0.15, -0.1) is 0 Å². The number of alkyl halides is 3. The van der Waals surface area contributed by atoms with Gasteiger partial charge in [-0.2, -0.15) is 18.3 Å². The van der Waals surface area contributed by atoms with Crippen molar-refractivity contribution in [3.05, 3.63) is 54.1 Å². The molecule has 164 valence electrons. The molecule has 2 heterocycles. The van der Waals surface area contributed by atoms with Gasteiger partial charge in [-0.05, 0) is 55.9 Å². The molecule has 0 aliphatic carbocycles. The van der Waals surface area contributed by atoms with E-state index in [0.717, 1.165) is 49.2 Å². The zero-order chi connectivity index (χ0) is 22.0. The third-order valence-electron chi connectivity index (χ3n) is 5.51. The van der Waals surface area contributed by atoms with Gasteiger partial charge in [0.1, 0.15) is 5.75 Å². The zero-order valence-corrected chi connectivity index (χ0v) is 17.5. The van der Waals surface area contributed by atoms with Crippen LogP contribution in [0.3, 0.4) is 0 Å². The van der Waals surface area contributed by atoms with Gasteiger partial charge in [0.05, 0.1) is 23.6 Å². The van der Waals surface area contributed by atoms with Crippen LogP contribution in [-0.2, 0) is 6.18 Å². The number of aromatic amines is 1. The predicted octanol–water partition coefficient (Wildman–Crippen LogP) is 4.91. The molecule has 0 unspecified atom stereocenters. The Bertz CT molecular complexity index is 1020. The minimum atomic E-state index is -4.50. The van der Waals surface area contributed by atoms with E-state index >= 15 is 0 Å². The summed E-state index contributed by atoms with van der Waals surface area (Å²) in [6.45, 7) is 5.87. The summed E-state index contributed by atoms with van der Waals surface area (Å²) < 4.78 is 45.4. The Labute approximate surface area is 179 Å². The number of hydrogen-bond acceptors (Lipinski definition) is 4. The average Bonchev–Trinajstić information content (AvgIpc) is 3.24. The SMILES string of the molecule is CCOc1ccc(-c2cc(-c3ccc(N4CCN(C)CC4)cc3)[nH]n2)cc1C(F)(F)F. The maximum absolute atomic E-state index is 13.4. The molecule has 8 heteroatoms. The third kappa shape index (κ3) is 4.69. The van der Waals surface area contributed by atoms with Crippen LogP contribution >= 0.6 is 0 Å². The largest absolute Gasteiger partial charge is 0.493 e. The number of anilines is 1. The van der Waals surface area contributed by atoms with Crippen molar-refractivity contribution in [1.29, 1.82) is 0 Å². The Morgan fingerprint density at radius 1 is 0.968 bits per heavy atom. The number of hydrogen-bond donors (Lipinski definition) is 1. The van der Waals surface area contributed by atoms with E-state index in [4.69, 9.17) is 4.74 Å². The molecule has 1 fully saturated rings. The van der Waals surface area contributed by atoms with E-state index in [2.05, 4.69) is 39.2 Å². The molecule has 0 radical (unpaired) electrons. The lowest BCUT2D eigenvalue weighted by atomic mass is 10.0. The number of aromatic nitrogens is 2. The molecule has 3 aromatic rings. The molecule has 1 saturated heterocycles. The minimum absolute atomic E-state index is 0.166. The number of nitrogens with zero attached hydrogens (tertiary/aromatic N) is 3. The van der Waals surface area contributed by atoms with Gasteiger partial charge in [-0.25, -0.2) is 0 Å². The van der Waals surface area contributed by atoms with Crippen LogP contribution in [0.25, 0.3) is 22.5 Å². The lowest BCUT2D eigenvalue weighted by molar-refractivity contribution is -0.138. The van der Waals surface area contributed by atoms with Crippen LogP contribution in [0.1, 0.15) is 12.5 Å². The van der Waals surface area contributed by atoms with Crippen molar-refractivity contribution in [3.8, 4) is 28.3 Å². The first kappa shape index (κ1) is 21.2. The molecule has 2 aromatic carbocycles. The Morgan fingerprint density at radius 2 is 1.65 bits per heavy atom. The van der Waals surface area contributed by atoms with Crippen LogP contribution in [0, 0.1) is 0 Å². The number of piperazine rings is 1. The summed E-state index contributed by atoms with van der Waals surface area (Å²) in [5.41, 5.74) is 2.88. The van der Waals surface area contributed by atoms with Crippen molar-refractivity contribution < 1.29 is 17.9 Å². The Hall–Kier alpha value is -3.00. The van der Waals surface area contributed by atoms with Crippen LogP contribution in [0.2, 0.25) is 0 Å². The lowest BCUT2D eigenvalue weighted by Crippen LogP contribution is -2.44. The highest BCUT2D eigenvalue weighted by atomic mass is 19.4.